The largest absolute Gasteiger partial charge is 0.303 e. The molecule has 0 aromatic heterocycles. The summed E-state index contributed by atoms with van der Waals surface area (Å²) in [6.07, 6.45) is 4.97. The molecule has 1 heterocycles. The zero-order chi connectivity index (χ0) is 11.8. The Labute approximate surface area is 99.8 Å². The van der Waals surface area contributed by atoms with Crippen LogP contribution in [-0.2, 0) is 0 Å². The molecule has 0 aliphatic carbocycles. The summed E-state index contributed by atoms with van der Waals surface area (Å²) in [4.78, 5) is 2.51. The first-order valence-corrected chi connectivity index (χ1v) is 6.65. The minimum absolute atomic E-state index is 0.0360. The van der Waals surface area contributed by atoms with Crippen LogP contribution in [0.2, 0.25) is 0 Å². The second-order valence-electron chi connectivity index (χ2n) is 4.72. The van der Waals surface area contributed by atoms with Gasteiger partial charge in [0.15, 0.2) is 0 Å². The molecule has 0 amide bonds. The van der Waals surface area contributed by atoms with Crippen molar-refractivity contribution >= 4 is 0 Å². The highest BCUT2D eigenvalue weighted by atomic mass is 15.1. The quantitative estimate of drug-likeness (QED) is 0.748. The minimum Gasteiger partial charge on any atom is -0.303 e. The number of hydrogen-bond donors (Lipinski definition) is 1. The first-order chi connectivity index (χ1) is 7.80. The summed E-state index contributed by atoms with van der Waals surface area (Å²) in [7, 11) is 0. The number of rotatable bonds is 6. The van der Waals surface area contributed by atoms with Gasteiger partial charge in [-0.15, -0.1) is 0 Å². The van der Waals surface area contributed by atoms with Gasteiger partial charge >= 0.3 is 0 Å². The minimum atomic E-state index is 0.0360. The maximum absolute atomic E-state index is 8.94. The van der Waals surface area contributed by atoms with E-state index < -0.39 is 0 Å². The third-order valence-electron chi connectivity index (χ3n) is 3.62. The average molecular weight is 223 g/mol. The Morgan fingerprint density at radius 1 is 1.38 bits per heavy atom. The Bertz CT molecular complexity index is 214. The van der Waals surface area contributed by atoms with Gasteiger partial charge in [-0.3, -0.25) is 0 Å². The lowest BCUT2D eigenvalue weighted by Crippen LogP contribution is -2.37. The fourth-order valence-corrected chi connectivity index (χ4v) is 2.39. The van der Waals surface area contributed by atoms with Crippen LogP contribution >= 0.6 is 0 Å². The van der Waals surface area contributed by atoms with E-state index in [4.69, 9.17) is 5.26 Å². The molecule has 1 atom stereocenters. The van der Waals surface area contributed by atoms with Crippen LogP contribution in [0.5, 0.6) is 0 Å². The summed E-state index contributed by atoms with van der Waals surface area (Å²) in [6.45, 7) is 8.75. The maximum atomic E-state index is 8.94. The number of nitriles is 1. The third-order valence-corrected chi connectivity index (χ3v) is 3.62. The van der Waals surface area contributed by atoms with Gasteiger partial charge in [-0.2, -0.15) is 5.26 Å². The summed E-state index contributed by atoms with van der Waals surface area (Å²) in [5, 5.41) is 12.1. The van der Waals surface area contributed by atoms with Gasteiger partial charge in [0, 0.05) is 6.54 Å². The molecule has 0 aromatic rings. The Morgan fingerprint density at radius 2 is 2.06 bits per heavy atom. The molecular weight excluding hydrogens is 198 g/mol. The van der Waals surface area contributed by atoms with E-state index in [0.717, 1.165) is 25.4 Å². The van der Waals surface area contributed by atoms with E-state index in [1.807, 2.05) is 0 Å². The third kappa shape index (κ3) is 4.51. The zero-order valence-corrected chi connectivity index (χ0v) is 10.7. The number of likely N-dealkylation sites (tertiary alicyclic amines) is 1. The second-order valence-corrected chi connectivity index (χ2v) is 4.72. The summed E-state index contributed by atoms with van der Waals surface area (Å²) in [6, 6.07) is 2.36. The molecule has 0 bridgehead atoms. The highest BCUT2D eigenvalue weighted by molar-refractivity contribution is 4.90. The predicted octanol–water partition coefficient (Wildman–Crippen LogP) is 2.00. The Kier molecular flexibility index (Phi) is 6.44. The maximum Gasteiger partial charge on any atom is 0.0965 e. The molecule has 0 saturated carbocycles. The van der Waals surface area contributed by atoms with Gasteiger partial charge < -0.3 is 10.2 Å². The zero-order valence-electron chi connectivity index (χ0n) is 10.7. The fraction of sp³-hybridized carbons (Fsp3) is 0.923. The van der Waals surface area contributed by atoms with Crippen molar-refractivity contribution < 1.29 is 0 Å². The van der Waals surface area contributed by atoms with E-state index >= 15 is 0 Å². The van der Waals surface area contributed by atoms with Crippen molar-refractivity contribution in [2.45, 2.75) is 45.6 Å². The van der Waals surface area contributed by atoms with Crippen LogP contribution in [0, 0.1) is 17.2 Å². The Morgan fingerprint density at radius 3 is 2.56 bits per heavy atom. The normalized spacial score (nSPS) is 20.6. The van der Waals surface area contributed by atoms with Crippen molar-refractivity contribution in [2.24, 2.45) is 5.92 Å². The summed E-state index contributed by atoms with van der Waals surface area (Å²) < 4.78 is 0. The smallest absolute Gasteiger partial charge is 0.0965 e. The van der Waals surface area contributed by atoms with Crippen molar-refractivity contribution in [3.05, 3.63) is 0 Å². The predicted molar refractivity (Wildman–Crippen MR) is 67.1 cm³/mol. The number of piperidine rings is 1. The molecule has 16 heavy (non-hydrogen) atoms. The fourth-order valence-electron chi connectivity index (χ4n) is 2.39. The van der Waals surface area contributed by atoms with Gasteiger partial charge in [0.1, 0.15) is 0 Å². The van der Waals surface area contributed by atoms with Crippen molar-refractivity contribution in [1.29, 1.82) is 5.26 Å². The number of nitrogens with one attached hydrogen (secondary N) is 1. The van der Waals surface area contributed by atoms with E-state index in [0.29, 0.717) is 0 Å². The van der Waals surface area contributed by atoms with Gasteiger partial charge in [0.05, 0.1) is 12.1 Å². The van der Waals surface area contributed by atoms with Crippen LogP contribution in [0.4, 0.5) is 0 Å². The highest BCUT2D eigenvalue weighted by Crippen LogP contribution is 2.19. The molecule has 0 aromatic carbocycles. The van der Waals surface area contributed by atoms with E-state index in [1.54, 1.807) is 0 Å². The van der Waals surface area contributed by atoms with Gasteiger partial charge in [-0.05, 0) is 44.8 Å². The van der Waals surface area contributed by atoms with Gasteiger partial charge in [0.2, 0.25) is 0 Å². The van der Waals surface area contributed by atoms with E-state index in [2.05, 4.69) is 30.1 Å². The number of hydrogen-bond acceptors (Lipinski definition) is 3. The summed E-state index contributed by atoms with van der Waals surface area (Å²) in [5.41, 5.74) is 0. The van der Waals surface area contributed by atoms with Crippen LogP contribution in [0.1, 0.15) is 39.5 Å². The molecule has 1 rings (SSSR count). The first-order valence-electron chi connectivity index (χ1n) is 6.65. The number of nitrogens with zero attached hydrogens (tertiary/aromatic N) is 2. The molecule has 0 spiro atoms. The van der Waals surface area contributed by atoms with Crippen molar-refractivity contribution in [3.63, 3.8) is 0 Å². The Balaban J connectivity index is 2.16. The lowest BCUT2D eigenvalue weighted by atomic mass is 9.94. The average Bonchev–Trinajstić information content (AvgIpc) is 2.35. The van der Waals surface area contributed by atoms with Crippen LogP contribution in [0.15, 0.2) is 0 Å². The molecule has 1 fully saturated rings. The van der Waals surface area contributed by atoms with E-state index in [9.17, 15) is 0 Å². The first kappa shape index (κ1) is 13.5. The summed E-state index contributed by atoms with van der Waals surface area (Å²) in [5.74, 6) is 0.941. The lowest BCUT2D eigenvalue weighted by Gasteiger charge is -2.31. The molecule has 3 nitrogen and oxygen atoms in total. The van der Waals surface area contributed by atoms with Crippen LogP contribution in [0.3, 0.4) is 0 Å². The molecule has 92 valence electrons. The van der Waals surface area contributed by atoms with Gasteiger partial charge in [-0.25, -0.2) is 0 Å². The molecule has 1 aliphatic rings. The molecule has 1 saturated heterocycles. The molecule has 1 aliphatic heterocycles. The van der Waals surface area contributed by atoms with E-state index in [1.165, 1.54) is 32.4 Å². The van der Waals surface area contributed by atoms with Gasteiger partial charge in [-0.1, -0.05) is 20.3 Å². The lowest BCUT2D eigenvalue weighted by molar-refractivity contribution is 0.177. The van der Waals surface area contributed by atoms with Crippen molar-refractivity contribution in [2.75, 3.05) is 26.2 Å². The van der Waals surface area contributed by atoms with Crippen molar-refractivity contribution in [1.82, 2.24) is 10.2 Å². The van der Waals surface area contributed by atoms with Crippen molar-refractivity contribution in [3.8, 4) is 6.07 Å². The van der Waals surface area contributed by atoms with E-state index in [-0.39, 0.29) is 6.04 Å². The second kappa shape index (κ2) is 7.65. The topological polar surface area (TPSA) is 39.1 Å². The molecular formula is C13H25N3. The highest BCUT2D eigenvalue weighted by Gasteiger charge is 2.18. The molecule has 1 unspecified atom stereocenters. The Hall–Kier alpha value is -0.590. The monoisotopic (exact) mass is 223 g/mol. The van der Waals surface area contributed by atoms with Crippen LogP contribution in [0.25, 0.3) is 0 Å². The standard InChI is InChI=1S/C13H25N3/c1-3-12-5-8-16(9-6-12)10-7-13(11-14)15-4-2/h12-13,15H,3-10H2,1-2H3. The molecule has 1 N–H and O–H groups in total. The molecule has 0 radical (unpaired) electrons. The molecule has 3 heteroatoms. The van der Waals surface area contributed by atoms with Gasteiger partial charge in [0.25, 0.3) is 0 Å². The van der Waals surface area contributed by atoms with Crippen LogP contribution in [-0.4, -0.2) is 37.1 Å². The SMILES string of the molecule is CCNC(C#N)CCN1CCC(CC)CC1. The van der Waals surface area contributed by atoms with Crippen LogP contribution < -0.4 is 5.32 Å². The summed E-state index contributed by atoms with van der Waals surface area (Å²) >= 11 is 0.